The van der Waals surface area contributed by atoms with Crippen LogP contribution in [0, 0.1) is 0 Å². The summed E-state index contributed by atoms with van der Waals surface area (Å²) in [6.45, 7) is 8.46. The van der Waals surface area contributed by atoms with Gasteiger partial charge in [-0.3, -0.25) is 5.10 Å². The Morgan fingerprint density at radius 2 is 1.60 bits per heavy atom. The van der Waals surface area contributed by atoms with E-state index >= 15 is 0 Å². The van der Waals surface area contributed by atoms with Crippen molar-refractivity contribution in [1.29, 1.82) is 0 Å². The second-order valence-corrected chi connectivity index (χ2v) is 13.3. The molecule has 0 saturated carbocycles. The molecule has 0 aliphatic rings. The minimum absolute atomic E-state index is 0.0406. The first-order chi connectivity index (χ1) is 16.6. The van der Waals surface area contributed by atoms with E-state index in [0.717, 1.165) is 36.1 Å². The van der Waals surface area contributed by atoms with E-state index in [2.05, 4.69) is 42.9 Å². The molecule has 6 nitrogen and oxygen atoms in total. The average Bonchev–Trinajstić information content (AvgIpc) is 3.34. The van der Waals surface area contributed by atoms with Crippen LogP contribution in [0.4, 0.5) is 0 Å². The van der Waals surface area contributed by atoms with Crippen LogP contribution in [0.25, 0.3) is 17.0 Å². The van der Waals surface area contributed by atoms with Gasteiger partial charge in [-0.25, -0.2) is 13.4 Å². The van der Waals surface area contributed by atoms with Crippen LogP contribution >= 0.6 is 11.6 Å². The number of hydrogen-bond acceptors (Lipinski definition) is 4. The normalized spacial score (nSPS) is 12.6. The first-order valence-corrected chi connectivity index (χ1v) is 15.2. The van der Waals surface area contributed by atoms with Crippen LogP contribution in [0.2, 0.25) is 5.02 Å². The van der Waals surface area contributed by atoms with Gasteiger partial charge in [0.25, 0.3) is 0 Å². The molecule has 194 valence electrons. The van der Waals surface area contributed by atoms with Crippen molar-refractivity contribution in [1.82, 2.24) is 19.8 Å². The number of halogens is 1. The molecule has 3 aromatic rings. The van der Waals surface area contributed by atoms with Crippen molar-refractivity contribution >= 4 is 27.1 Å². The van der Waals surface area contributed by atoms with Crippen LogP contribution in [-0.2, 0) is 21.0 Å². The van der Waals surface area contributed by atoms with Gasteiger partial charge in [-0.1, -0.05) is 115 Å². The third-order valence-electron chi connectivity index (χ3n) is 6.37. The fourth-order valence-electron chi connectivity index (χ4n) is 4.35. The molecule has 0 aliphatic heterocycles. The summed E-state index contributed by atoms with van der Waals surface area (Å²) >= 11 is 6.54. The summed E-state index contributed by atoms with van der Waals surface area (Å²) in [6, 6.07) is 7.47. The summed E-state index contributed by atoms with van der Waals surface area (Å²) in [5.74, 6) is 0.802. The number of nitrogens with one attached hydrogen (secondary N) is 1. The summed E-state index contributed by atoms with van der Waals surface area (Å²) in [6.07, 6.45) is 11.9. The van der Waals surface area contributed by atoms with Gasteiger partial charge < -0.3 is 0 Å². The molecule has 0 saturated heterocycles. The Bertz CT molecular complexity index is 1190. The lowest BCUT2D eigenvalue weighted by Gasteiger charge is -2.16. The molecule has 35 heavy (non-hydrogen) atoms. The van der Waals surface area contributed by atoms with Crippen LogP contribution in [0.5, 0.6) is 0 Å². The lowest BCUT2D eigenvalue weighted by Crippen LogP contribution is -2.13. The van der Waals surface area contributed by atoms with Crippen molar-refractivity contribution in [2.75, 3.05) is 5.75 Å². The fraction of sp³-hybridized carbons (Fsp3) is 0.630. The highest BCUT2D eigenvalue weighted by Crippen LogP contribution is 2.32. The number of aromatic amines is 1. The van der Waals surface area contributed by atoms with E-state index in [4.69, 9.17) is 11.6 Å². The van der Waals surface area contributed by atoms with Crippen LogP contribution in [0.1, 0.15) is 103 Å². The largest absolute Gasteiger partial charge is 0.278 e. The van der Waals surface area contributed by atoms with Gasteiger partial charge in [0.1, 0.15) is 5.02 Å². The van der Waals surface area contributed by atoms with Crippen LogP contribution in [0.3, 0.4) is 0 Å². The SMILES string of the molecule is CCCCCCCCCCCCS(=O)(=O)Cc1cccc(-c2nc3c(Cl)c(C(C)(C)C)[nH]n3n2)c1. The van der Waals surface area contributed by atoms with Gasteiger partial charge in [0.2, 0.25) is 0 Å². The zero-order chi connectivity index (χ0) is 25.5. The van der Waals surface area contributed by atoms with Crippen LogP contribution in [-0.4, -0.2) is 34.0 Å². The second-order valence-electron chi connectivity index (χ2n) is 10.7. The Labute approximate surface area is 215 Å². The number of nitrogens with zero attached hydrogens (tertiary/aromatic N) is 3. The molecule has 0 amide bonds. The molecule has 3 rings (SSSR count). The Hall–Kier alpha value is -1.86. The first kappa shape index (κ1) is 27.7. The average molecular weight is 521 g/mol. The summed E-state index contributed by atoms with van der Waals surface area (Å²) in [5.41, 5.74) is 2.84. The monoisotopic (exact) mass is 520 g/mol. The van der Waals surface area contributed by atoms with Gasteiger partial charge in [-0.2, -0.15) is 4.63 Å². The minimum Gasteiger partial charge on any atom is -0.278 e. The maximum absolute atomic E-state index is 12.7. The number of aromatic nitrogens is 4. The lowest BCUT2D eigenvalue weighted by atomic mass is 9.92. The quantitative estimate of drug-likeness (QED) is 0.223. The van der Waals surface area contributed by atoms with Crippen LogP contribution in [0.15, 0.2) is 24.3 Å². The second kappa shape index (κ2) is 12.4. The maximum Gasteiger partial charge on any atom is 0.194 e. The zero-order valence-corrected chi connectivity index (χ0v) is 23.3. The summed E-state index contributed by atoms with van der Waals surface area (Å²) in [4.78, 5) is 4.60. The number of unbranched alkanes of at least 4 members (excludes halogenated alkanes) is 9. The van der Waals surface area contributed by atoms with Crippen molar-refractivity contribution in [2.24, 2.45) is 0 Å². The molecule has 0 spiro atoms. The fourth-order valence-corrected chi connectivity index (χ4v) is 6.28. The van der Waals surface area contributed by atoms with Crippen molar-refractivity contribution < 1.29 is 8.42 Å². The van der Waals surface area contributed by atoms with Gasteiger partial charge in [0.15, 0.2) is 21.3 Å². The molecule has 0 fully saturated rings. The van der Waals surface area contributed by atoms with Crippen molar-refractivity contribution in [3.63, 3.8) is 0 Å². The third kappa shape index (κ3) is 8.07. The van der Waals surface area contributed by atoms with Gasteiger partial charge in [0.05, 0.1) is 17.2 Å². The first-order valence-electron chi connectivity index (χ1n) is 13.0. The van der Waals surface area contributed by atoms with Crippen molar-refractivity contribution in [3.05, 3.63) is 40.5 Å². The number of rotatable bonds is 14. The van der Waals surface area contributed by atoms with Gasteiger partial charge >= 0.3 is 0 Å². The Morgan fingerprint density at radius 3 is 2.20 bits per heavy atom. The minimum atomic E-state index is -3.16. The Morgan fingerprint density at radius 1 is 0.971 bits per heavy atom. The smallest absolute Gasteiger partial charge is 0.194 e. The molecular weight excluding hydrogens is 480 g/mol. The molecule has 2 heterocycles. The van der Waals surface area contributed by atoms with E-state index in [0.29, 0.717) is 16.5 Å². The predicted octanol–water partition coefficient (Wildman–Crippen LogP) is 7.51. The standard InChI is InChI=1S/C27H41ClN4O2S/c1-5-6-7-8-9-10-11-12-13-14-18-35(33,34)20-21-16-15-17-22(19-21)25-29-26-23(28)24(27(2,3)4)30-32(26)31-25/h15-17,19,30H,5-14,18,20H2,1-4H3. The predicted molar refractivity (Wildman–Crippen MR) is 146 cm³/mol. The highest BCUT2D eigenvalue weighted by Gasteiger charge is 2.24. The summed E-state index contributed by atoms with van der Waals surface area (Å²) in [5, 5.41) is 8.31. The topological polar surface area (TPSA) is 80.1 Å². The summed E-state index contributed by atoms with van der Waals surface area (Å²) < 4.78 is 27.0. The molecule has 0 bridgehead atoms. The number of hydrogen-bond donors (Lipinski definition) is 1. The number of H-pyrrole nitrogens is 1. The molecule has 8 heteroatoms. The lowest BCUT2D eigenvalue weighted by molar-refractivity contribution is 0.557. The summed E-state index contributed by atoms with van der Waals surface area (Å²) in [7, 11) is -3.16. The van der Waals surface area contributed by atoms with E-state index < -0.39 is 9.84 Å². The molecule has 1 N–H and O–H groups in total. The highest BCUT2D eigenvalue weighted by molar-refractivity contribution is 7.90. The number of fused-ring (bicyclic) bond motifs is 1. The van der Waals surface area contributed by atoms with Gasteiger partial charge in [-0.15, -0.1) is 5.10 Å². The number of sulfone groups is 1. The maximum atomic E-state index is 12.7. The Kier molecular flexibility index (Phi) is 9.82. The van der Waals surface area contributed by atoms with Crippen LogP contribution < -0.4 is 0 Å². The van der Waals surface area contributed by atoms with E-state index in [1.165, 1.54) is 44.9 Å². The molecule has 1 aromatic carbocycles. The third-order valence-corrected chi connectivity index (χ3v) is 8.41. The Balaban J connectivity index is 1.51. The van der Waals surface area contributed by atoms with E-state index in [1.807, 2.05) is 24.3 Å². The van der Waals surface area contributed by atoms with E-state index in [1.54, 1.807) is 4.63 Å². The van der Waals surface area contributed by atoms with Crippen molar-refractivity contribution in [2.45, 2.75) is 103 Å². The van der Waals surface area contributed by atoms with Crippen molar-refractivity contribution in [3.8, 4) is 11.4 Å². The van der Waals surface area contributed by atoms with Gasteiger partial charge in [0, 0.05) is 11.0 Å². The van der Waals surface area contributed by atoms with E-state index in [-0.39, 0.29) is 16.9 Å². The molecular formula is C27H41ClN4O2S. The highest BCUT2D eigenvalue weighted by atomic mass is 35.5. The van der Waals surface area contributed by atoms with E-state index in [9.17, 15) is 8.42 Å². The molecule has 2 aromatic heterocycles. The molecule has 0 atom stereocenters. The zero-order valence-electron chi connectivity index (χ0n) is 21.7. The molecule has 0 unspecified atom stereocenters. The number of benzene rings is 1. The van der Waals surface area contributed by atoms with Gasteiger partial charge in [-0.05, 0) is 18.1 Å². The molecule has 0 radical (unpaired) electrons. The molecule has 0 aliphatic carbocycles.